The van der Waals surface area contributed by atoms with Gasteiger partial charge in [-0.15, -0.1) is 0 Å². The van der Waals surface area contributed by atoms with Gasteiger partial charge in [0.05, 0.1) is 17.7 Å². The first kappa shape index (κ1) is 18.9. The van der Waals surface area contributed by atoms with Crippen LogP contribution in [0.1, 0.15) is 36.1 Å². The molecule has 0 saturated carbocycles. The summed E-state index contributed by atoms with van der Waals surface area (Å²) in [6, 6.07) is 15.7. The molecule has 1 aliphatic rings. The van der Waals surface area contributed by atoms with Crippen LogP contribution in [0.4, 0.5) is 0 Å². The normalized spacial score (nSPS) is 14.9. The number of carbonyl (C=O) groups excluding carboxylic acids is 1. The van der Waals surface area contributed by atoms with Gasteiger partial charge in [0.2, 0.25) is 0 Å². The van der Waals surface area contributed by atoms with Gasteiger partial charge in [-0.1, -0.05) is 55.0 Å². The Balaban J connectivity index is 1.60. The van der Waals surface area contributed by atoms with Crippen LogP contribution in [-0.2, 0) is 4.79 Å². The number of aryl methyl sites for hydroxylation is 1. The van der Waals surface area contributed by atoms with Crippen LogP contribution in [0.5, 0.6) is 5.75 Å². The van der Waals surface area contributed by atoms with Crippen LogP contribution < -0.4 is 10.1 Å². The largest absolute Gasteiger partial charge is 0.488 e. The molecule has 4 rings (SSSR count). The summed E-state index contributed by atoms with van der Waals surface area (Å²) in [5, 5.41) is 7.54. The Kier molecular flexibility index (Phi) is 5.42. The van der Waals surface area contributed by atoms with Gasteiger partial charge < -0.3 is 10.1 Å². The number of fused-ring (bicyclic) bond motifs is 1. The molecule has 0 radical (unpaired) electrons. The fourth-order valence-corrected chi connectivity index (χ4v) is 3.61. The Bertz CT molecular complexity index is 1010. The minimum absolute atomic E-state index is 0.122. The lowest BCUT2D eigenvalue weighted by atomic mass is 9.96. The number of nitrogens with one attached hydrogen (secondary N) is 1. The summed E-state index contributed by atoms with van der Waals surface area (Å²) in [6.07, 6.45) is 5.86. The monoisotopic (exact) mass is 388 g/mol. The van der Waals surface area contributed by atoms with Crippen molar-refractivity contribution in [3.63, 3.8) is 0 Å². The van der Waals surface area contributed by atoms with Crippen LogP contribution >= 0.6 is 0 Å². The number of rotatable bonds is 6. The highest BCUT2D eigenvalue weighted by atomic mass is 16.5. The third kappa shape index (κ3) is 4.06. The maximum absolute atomic E-state index is 13.0. The van der Waals surface area contributed by atoms with Gasteiger partial charge >= 0.3 is 0 Å². The average molecular weight is 388 g/mol. The van der Waals surface area contributed by atoms with E-state index >= 15 is 0 Å². The predicted molar refractivity (Wildman–Crippen MR) is 111 cm³/mol. The molecule has 1 aromatic heterocycles. The fourth-order valence-electron chi connectivity index (χ4n) is 3.61. The van der Waals surface area contributed by atoms with Crippen molar-refractivity contribution in [3.05, 3.63) is 83.4 Å². The number of amides is 1. The number of para-hydroxylation sites is 1. The Morgan fingerprint density at radius 2 is 2.00 bits per heavy atom. The van der Waals surface area contributed by atoms with Gasteiger partial charge in [0.15, 0.2) is 0 Å². The van der Waals surface area contributed by atoms with Crippen LogP contribution in [0.2, 0.25) is 0 Å². The van der Waals surface area contributed by atoms with Crippen LogP contribution in [0.15, 0.2) is 66.8 Å². The predicted octanol–water partition coefficient (Wildman–Crippen LogP) is 3.55. The zero-order valence-electron chi connectivity index (χ0n) is 16.6. The minimum Gasteiger partial charge on any atom is -0.488 e. The summed E-state index contributed by atoms with van der Waals surface area (Å²) in [7, 11) is 0. The fraction of sp³-hybridized carbons (Fsp3) is 0.261. The molecule has 6 nitrogen and oxygen atoms in total. The van der Waals surface area contributed by atoms with E-state index in [-0.39, 0.29) is 24.6 Å². The molecule has 148 valence electrons. The number of carbonyl (C=O) groups is 1. The molecule has 0 fully saturated rings. The molecule has 1 N–H and O–H groups in total. The smallest absolute Gasteiger partial charge is 0.250 e. The second-order valence-corrected chi connectivity index (χ2v) is 7.22. The third-order valence-electron chi connectivity index (χ3n) is 5.20. The van der Waals surface area contributed by atoms with Crippen molar-refractivity contribution in [2.45, 2.75) is 32.4 Å². The number of benzene rings is 2. The molecule has 0 aliphatic carbocycles. The zero-order valence-corrected chi connectivity index (χ0v) is 16.6. The number of hydrogen-bond acceptors (Lipinski definition) is 4. The summed E-state index contributed by atoms with van der Waals surface area (Å²) in [5.41, 5.74) is 3.80. The van der Waals surface area contributed by atoms with E-state index in [9.17, 15) is 4.79 Å². The van der Waals surface area contributed by atoms with E-state index in [1.54, 1.807) is 11.0 Å². The number of hydrogen-bond donors (Lipinski definition) is 1. The summed E-state index contributed by atoms with van der Waals surface area (Å²) in [5.74, 6) is 0.680. The van der Waals surface area contributed by atoms with E-state index in [2.05, 4.69) is 53.5 Å². The van der Waals surface area contributed by atoms with Crippen LogP contribution in [0.25, 0.3) is 6.08 Å². The van der Waals surface area contributed by atoms with Crippen LogP contribution in [0.3, 0.4) is 0 Å². The molecule has 6 heteroatoms. The van der Waals surface area contributed by atoms with E-state index in [1.807, 2.05) is 30.3 Å². The van der Waals surface area contributed by atoms with Crippen molar-refractivity contribution < 1.29 is 9.53 Å². The average Bonchev–Trinajstić information content (AvgIpc) is 3.28. The summed E-state index contributed by atoms with van der Waals surface area (Å²) in [4.78, 5) is 17.1. The Hall–Kier alpha value is -3.41. The third-order valence-corrected chi connectivity index (χ3v) is 5.20. The number of aromatic nitrogens is 3. The van der Waals surface area contributed by atoms with E-state index < -0.39 is 0 Å². The maximum atomic E-state index is 13.0. The molecule has 1 aliphatic heterocycles. The van der Waals surface area contributed by atoms with Gasteiger partial charge in [0.25, 0.3) is 5.91 Å². The lowest BCUT2D eigenvalue weighted by Crippen LogP contribution is -2.43. The highest BCUT2D eigenvalue weighted by Gasteiger charge is 2.28. The van der Waals surface area contributed by atoms with Gasteiger partial charge in [-0.25, -0.2) is 9.67 Å². The standard InChI is InChI=1S/C23H24N4O2/c1-3-20(22(27-15-24-14-25-27)17-10-8-16(2)9-11-17)26-23(28)19-12-18-6-4-5-7-21(18)29-13-19/h4-12,14-15,20,22H,3,13H2,1-2H3,(H,26,28)/t20-,22+/m0/s1. The molecule has 2 aromatic carbocycles. The van der Waals surface area contributed by atoms with Gasteiger partial charge in [0, 0.05) is 5.56 Å². The Labute approximate surface area is 170 Å². The first-order valence-electron chi connectivity index (χ1n) is 9.79. The van der Waals surface area contributed by atoms with E-state index in [1.165, 1.54) is 11.9 Å². The van der Waals surface area contributed by atoms with Crippen LogP contribution in [0, 0.1) is 6.92 Å². The molecular weight excluding hydrogens is 364 g/mol. The molecule has 0 spiro atoms. The van der Waals surface area contributed by atoms with Crippen molar-refractivity contribution in [3.8, 4) is 5.75 Å². The van der Waals surface area contributed by atoms with Gasteiger partial charge in [0.1, 0.15) is 25.0 Å². The summed E-state index contributed by atoms with van der Waals surface area (Å²) < 4.78 is 7.55. The van der Waals surface area contributed by atoms with Crippen molar-refractivity contribution in [1.29, 1.82) is 0 Å². The zero-order chi connectivity index (χ0) is 20.2. The quantitative estimate of drug-likeness (QED) is 0.701. The second-order valence-electron chi connectivity index (χ2n) is 7.22. The van der Waals surface area contributed by atoms with Gasteiger partial charge in [-0.05, 0) is 31.1 Å². The van der Waals surface area contributed by atoms with Crippen molar-refractivity contribution >= 4 is 12.0 Å². The van der Waals surface area contributed by atoms with Crippen molar-refractivity contribution in [2.24, 2.45) is 0 Å². The van der Waals surface area contributed by atoms with Gasteiger partial charge in [-0.3, -0.25) is 4.79 Å². The van der Waals surface area contributed by atoms with Gasteiger partial charge in [-0.2, -0.15) is 5.10 Å². The molecular formula is C23H24N4O2. The Morgan fingerprint density at radius 3 is 2.72 bits per heavy atom. The lowest BCUT2D eigenvalue weighted by Gasteiger charge is -2.28. The molecule has 3 aromatic rings. The highest BCUT2D eigenvalue weighted by Crippen LogP contribution is 2.27. The number of nitrogens with zero attached hydrogens (tertiary/aromatic N) is 3. The second kappa shape index (κ2) is 8.31. The molecule has 29 heavy (non-hydrogen) atoms. The first-order chi connectivity index (χ1) is 14.2. The molecule has 1 amide bonds. The molecule has 0 unspecified atom stereocenters. The minimum atomic E-state index is -0.149. The summed E-state index contributed by atoms with van der Waals surface area (Å²) in [6.45, 7) is 4.38. The summed E-state index contributed by atoms with van der Waals surface area (Å²) >= 11 is 0. The van der Waals surface area contributed by atoms with Crippen molar-refractivity contribution in [2.75, 3.05) is 6.61 Å². The SMILES string of the molecule is CC[C@H](NC(=O)C1=Cc2ccccc2OC1)[C@@H](c1ccc(C)cc1)n1cncn1. The van der Waals surface area contributed by atoms with Crippen molar-refractivity contribution in [1.82, 2.24) is 20.1 Å². The molecule has 0 saturated heterocycles. The van der Waals surface area contributed by atoms with E-state index in [0.29, 0.717) is 5.57 Å². The Morgan fingerprint density at radius 1 is 1.21 bits per heavy atom. The molecule has 2 atom stereocenters. The van der Waals surface area contributed by atoms with E-state index in [0.717, 1.165) is 23.3 Å². The topological polar surface area (TPSA) is 69.0 Å². The lowest BCUT2D eigenvalue weighted by molar-refractivity contribution is -0.118. The highest BCUT2D eigenvalue weighted by molar-refractivity contribution is 5.99. The first-order valence-corrected chi connectivity index (χ1v) is 9.79. The molecule has 2 heterocycles. The van der Waals surface area contributed by atoms with Crippen LogP contribution in [-0.4, -0.2) is 33.3 Å². The molecule has 0 bridgehead atoms. The van der Waals surface area contributed by atoms with E-state index in [4.69, 9.17) is 4.74 Å². The number of ether oxygens (including phenoxy) is 1. The maximum Gasteiger partial charge on any atom is 0.250 e.